The summed E-state index contributed by atoms with van der Waals surface area (Å²) in [6, 6.07) is 0. The molecule has 1 rings (SSSR count). The highest BCUT2D eigenvalue weighted by Gasteiger charge is 2.00. The van der Waals surface area contributed by atoms with Crippen molar-refractivity contribution in [3.05, 3.63) is 12.2 Å². The van der Waals surface area contributed by atoms with Crippen molar-refractivity contribution in [2.45, 2.75) is 19.8 Å². The van der Waals surface area contributed by atoms with Crippen molar-refractivity contribution < 1.29 is 4.74 Å². The highest BCUT2D eigenvalue weighted by molar-refractivity contribution is 4.79. The first-order chi connectivity index (χ1) is 7.33. The van der Waals surface area contributed by atoms with Crippen LogP contribution in [0.3, 0.4) is 0 Å². The van der Waals surface area contributed by atoms with Crippen LogP contribution in [0, 0.1) is 5.92 Å². The van der Waals surface area contributed by atoms with Gasteiger partial charge < -0.3 is 10.1 Å². The van der Waals surface area contributed by atoms with Crippen molar-refractivity contribution >= 4 is 0 Å². The molecule has 5 nitrogen and oxygen atoms in total. The molecule has 0 amide bonds. The molecule has 2 N–H and O–H groups in total. The molecular formula is C10H20N4O. The Morgan fingerprint density at radius 2 is 2.47 bits per heavy atom. The Kier molecular flexibility index (Phi) is 5.96. The Bertz CT molecular complexity index is 238. The van der Waals surface area contributed by atoms with E-state index in [0.29, 0.717) is 5.92 Å². The maximum absolute atomic E-state index is 5.06. The Labute approximate surface area is 90.6 Å². The number of H-pyrrole nitrogens is 1. The molecule has 0 aliphatic rings. The molecular weight excluding hydrogens is 192 g/mol. The van der Waals surface area contributed by atoms with E-state index in [1.165, 1.54) is 0 Å². The minimum absolute atomic E-state index is 0.570. The van der Waals surface area contributed by atoms with E-state index in [9.17, 15) is 0 Å². The normalized spacial score (nSPS) is 12.9. The second-order valence-corrected chi connectivity index (χ2v) is 3.80. The first-order valence-electron chi connectivity index (χ1n) is 5.37. The Morgan fingerprint density at radius 1 is 1.60 bits per heavy atom. The van der Waals surface area contributed by atoms with Gasteiger partial charge in [0.25, 0.3) is 0 Å². The molecule has 1 heterocycles. The first kappa shape index (κ1) is 12.1. The molecule has 0 radical (unpaired) electrons. The standard InChI is InChI=1S/C10H20N4O/c1-9(7-15-2)6-11-5-3-4-10-12-8-13-14-10/h8-9,11H,3-7H2,1-2H3,(H,12,13,14). The highest BCUT2D eigenvalue weighted by atomic mass is 16.5. The van der Waals surface area contributed by atoms with Gasteiger partial charge in [-0.05, 0) is 25.4 Å². The fourth-order valence-electron chi connectivity index (χ4n) is 1.42. The Hall–Kier alpha value is -0.940. The van der Waals surface area contributed by atoms with Crippen LogP contribution in [0.5, 0.6) is 0 Å². The zero-order chi connectivity index (χ0) is 10.9. The van der Waals surface area contributed by atoms with Crippen molar-refractivity contribution in [3.8, 4) is 0 Å². The summed E-state index contributed by atoms with van der Waals surface area (Å²) in [5.74, 6) is 1.53. The summed E-state index contributed by atoms with van der Waals surface area (Å²) in [4.78, 5) is 4.06. The van der Waals surface area contributed by atoms with Gasteiger partial charge in [-0.3, -0.25) is 5.10 Å². The number of nitrogens with one attached hydrogen (secondary N) is 2. The Balaban J connectivity index is 1.93. The molecule has 1 atom stereocenters. The van der Waals surface area contributed by atoms with Crippen LogP contribution in [0.1, 0.15) is 19.2 Å². The van der Waals surface area contributed by atoms with Gasteiger partial charge in [-0.1, -0.05) is 6.92 Å². The van der Waals surface area contributed by atoms with Crippen molar-refractivity contribution in [1.82, 2.24) is 20.5 Å². The summed E-state index contributed by atoms with van der Waals surface area (Å²) < 4.78 is 5.06. The maximum atomic E-state index is 5.06. The SMILES string of the molecule is COCC(C)CNCCCc1ncn[nH]1. The highest BCUT2D eigenvalue weighted by Crippen LogP contribution is 1.94. The predicted octanol–water partition coefficient (Wildman–Crippen LogP) is 0.609. The van der Waals surface area contributed by atoms with Gasteiger partial charge in [-0.2, -0.15) is 5.10 Å². The topological polar surface area (TPSA) is 62.8 Å². The van der Waals surface area contributed by atoms with Crippen LogP contribution in [0.2, 0.25) is 0 Å². The lowest BCUT2D eigenvalue weighted by Gasteiger charge is -2.10. The molecule has 0 aliphatic carbocycles. The van der Waals surface area contributed by atoms with Crippen LogP contribution in [-0.4, -0.2) is 42.0 Å². The molecule has 0 bridgehead atoms. The fraction of sp³-hybridized carbons (Fsp3) is 0.800. The van der Waals surface area contributed by atoms with E-state index in [1.807, 2.05) is 0 Å². The fourth-order valence-corrected chi connectivity index (χ4v) is 1.42. The lowest BCUT2D eigenvalue weighted by Crippen LogP contribution is -2.25. The summed E-state index contributed by atoms with van der Waals surface area (Å²) in [6.07, 6.45) is 3.57. The van der Waals surface area contributed by atoms with Gasteiger partial charge in [0.2, 0.25) is 0 Å². The van der Waals surface area contributed by atoms with E-state index in [1.54, 1.807) is 13.4 Å². The van der Waals surface area contributed by atoms with Crippen LogP contribution >= 0.6 is 0 Å². The van der Waals surface area contributed by atoms with E-state index in [0.717, 1.165) is 38.4 Å². The Morgan fingerprint density at radius 3 is 3.13 bits per heavy atom. The monoisotopic (exact) mass is 212 g/mol. The summed E-state index contributed by atoms with van der Waals surface area (Å²) >= 11 is 0. The van der Waals surface area contributed by atoms with E-state index in [4.69, 9.17) is 4.74 Å². The predicted molar refractivity (Wildman–Crippen MR) is 58.6 cm³/mol. The smallest absolute Gasteiger partial charge is 0.137 e. The summed E-state index contributed by atoms with van der Waals surface area (Å²) in [6.45, 7) is 5.00. The molecule has 5 heteroatoms. The van der Waals surface area contributed by atoms with E-state index in [2.05, 4.69) is 27.4 Å². The van der Waals surface area contributed by atoms with E-state index >= 15 is 0 Å². The molecule has 0 aliphatic heterocycles. The molecule has 86 valence electrons. The van der Waals surface area contributed by atoms with Gasteiger partial charge >= 0.3 is 0 Å². The zero-order valence-electron chi connectivity index (χ0n) is 9.49. The summed E-state index contributed by atoms with van der Waals surface area (Å²) in [5.41, 5.74) is 0. The quantitative estimate of drug-likeness (QED) is 0.620. The van der Waals surface area contributed by atoms with E-state index in [-0.39, 0.29) is 0 Å². The number of ether oxygens (including phenoxy) is 1. The number of rotatable bonds is 8. The average molecular weight is 212 g/mol. The van der Waals surface area contributed by atoms with Crippen LogP contribution in [0.4, 0.5) is 0 Å². The molecule has 0 saturated carbocycles. The number of aryl methyl sites for hydroxylation is 1. The molecule has 1 aromatic heterocycles. The number of hydrogen-bond acceptors (Lipinski definition) is 4. The van der Waals surface area contributed by atoms with Crippen LogP contribution in [0.25, 0.3) is 0 Å². The number of methoxy groups -OCH3 is 1. The third kappa shape index (κ3) is 5.49. The van der Waals surface area contributed by atoms with Gasteiger partial charge in [-0.15, -0.1) is 0 Å². The molecule has 0 saturated heterocycles. The maximum Gasteiger partial charge on any atom is 0.137 e. The lowest BCUT2D eigenvalue weighted by molar-refractivity contribution is 0.158. The van der Waals surface area contributed by atoms with Crippen molar-refractivity contribution in [2.24, 2.45) is 5.92 Å². The minimum Gasteiger partial charge on any atom is -0.384 e. The van der Waals surface area contributed by atoms with Crippen LogP contribution in [0.15, 0.2) is 6.33 Å². The average Bonchev–Trinajstić information content (AvgIpc) is 2.70. The van der Waals surface area contributed by atoms with Crippen LogP contribution in [-0.2, 0) is 11.2 Å². The number of hydrogen-bond donors (Lipinski definition) is 2. The van der Waals surface area contributed by atoms with Crippen LogP contribution < -0.4 is 5.32 Å². The molecule has 1 unspecified atom stereocenters. The van der Waals surface area contributed by atoms with Gasteiger partial charge in [-0.25, -0.2) is 4.98 Å². The summed E-state index contributed by atoms with van der Waals surface area (Å²) in [5, 5.41) is 10.0. The second-order valence-electron chi connectivity index (χ2n) is 3.80. The van der Waals surface area contributed by atoms with Gasteiger partial charge in [0, 0.05) is 20.1 Å². The second kappa shape index (κ2) is 7.36. The molecule has 0 spiro atoms. The minimum atomic E-state index is 0.570. The number of nitrogens with zero attached hydrogens (tertiary/aromatic N) is 2. The van der Waals surface area contributed by atoms with Gasteiger partial charge in [0.1, 0.15) is 12.2 Å². The largest absolute Gasteiger partial charge is 0.384 e. The number of aromatic amines is 1. The third-order valence-electron chi connectivity index (χ3n) is 2.18. The summed E-state index contributed by atoms with van der Waals surface area (Å²) in [7, 11) is 1.74. The zero-order valence-corrected chi connectivity index (χ0v) is 9.49. The molecule has 15 heavy (non-hydrogen) atoms. The lowest BCUT2D eigenvalue weighted by atomic mass is 10.2. The first-order valence-corrected chi connectivity index (χ1v) is 5.37. The van der Waals surface area contributed by atoms with Gasteiger partial charge in [0.15, 0.2) is 0 Å². The van der Waals surface area contributed by atoms with Crippen molar-refractivity contribution in [2.75, 3.05) is 26.8 Å². The third-order valence-corrected chi connectivity index (χ3v) is 2.18. The molecule has 1 aromatic rings. The van der Waals surface area contributed by atoms with E-state index < -0.39 is 0 Å². The molecule has 0 aromatic carbocycles. The van der Waals surface area contributed by atoms with Gasteiger partial charge in [0.05, 0.1) is 0 Å². The van der Waals surface area contributed by atoms with Crippen molar-refractivity contribution in [3.63, 3.8) is 0 Å². The molecule has 0 fully saturated rings. The van der Waals surface area contributed by atoms with Crippen molar-refractivity contribution in [1.29, 1.82) is 0 Å². The number of aromatic nitrogens is 3.